The van der Waals surface area contributed by atoms with Crippen LogP contribution in [0.5, 0.6) is 0 Å². The van der Waals surface area contributed by atoms with Crippen LogP contribution in [0.4, 0.5) is 0 Å². The molecule has 1 aliphatic heterocycles. The molecule has 0 atom stereocenters. The van der Waals surface area contributed by atoms with Gasteiger partial charge in [-0.2, -0.15) is 0 Å². The number of carbonyl (C=O) groups is 2. The number of carboxylic acids is 1. The first-order chi connectivity index (χ1) is 12.1. The zero-order chi connectivity index (χ0) is 17.8. The van der Waals surface area contributed by atoms with Gasteiger partial charge in [0.2, 0.25) is 0 Å². The second-order valence-corrected chi connectivity index (χ2v) is 8.20. The lowest BCUT2D eigenvalue weighted by molar-refractivity contribution is 0.0693. The quantitative estimate of drug-likeness (QED) is 0.803. The van der Waals surface area contributed by atoms with Gasteiger partial charge in [0.05, 0.1) is 17.6 Å². The lowest BCUT2D eigenvalue weighted by Gasteiger charge is -2.27. The van der Waals surface area contributed by atoms with Gasteiger partial charge in [-0.15, -0.1) is 11.8 Å². The Kier molecular flexibility index (Phi) is 5.60. The van der Waals surface area contributed by atoms with Gasteiger partial charge >= 0.3 is 5.97 Å². The number of furan rings is 1. The lowest BCUT2D eigenvalue weighted by atomic mass is 10.2. The minimum Gasteiger partial charge on any atom is -0.478 e. The lowest BCUT2D eigenvalue weighted by Crippen LogP contribution is -2.41. The Balaban J connectivity index is 1.74. The number of carbonyl (C=O) groups excluding carboxylic acids is 1. The predicted octanol–water partition coefficient (Wildman–Crippen LogP) is 2.47. The van der Waals surface area contributed by atoms with Crippen molar-refractivity contribution < 1.29 is 23.3 Å². The van der Waals surface area contributed by atoms with E-state index >= 15 is 0 Å². The molecule has 0 bridgehead atoms. The number of hydrogen-bond acceptors (Lipinski definition) is 5. The Bertz CT molecular complexity index is 807. The third-order valence-corrected chi connectivity index (χ3v) is 6.27. The van der Waals surface area contributed by atoms with E-state index in [-0.39, 0.29) is 11.5 Å². The zero-order valence-electron chi connectivity index (χ0n) is 13.3. The fourth-order valence-corrected chi connectivity index (χ4v) is 4.61. The zero-order valence-corrected chi connectivity index (χ0v) is 15.0. The molecule has 0 radical (unpaired) electrons. The minimum atomic E-state index is -1.03. The number of amides is 1. The molecule has 1 amide bonds. The summed E-state index contributed by atoms with van der Waals surface area (Å²) in [4.78, 5) is 26.4. The van der Waals surface area contributed by atoms with Gasteiger partial charge in [0.1, 0.15) is 11.3 Å². The van der Waals surface area contributed by atoms with E-state index in [1.54, 1.807) is 17.0 Å². The number of rotatable bonds is 5. The SMILES string of the molecule is O=C(O)c1ccoc1CSc1ccccc1C(=O)N1CCS(=O)CC1. The molecule has 25 heavy (non-hydrogen) atoms. The number of thioether (sulfide) groups is 1. The van der Waals surface area contributed by atoms with Crippen LogP contribution in [0.3, 0.4) is 0 Å². The number of carboxylic acid groups (broad SMARTS) is 1. The van der Waals surface area contributed by atoms with Crippen molar-refractivity contribution in [2.75, 3.05) is 24.6 Å². The largest absolute Gasteiger partial charge is 0.478 e. The van der Waals surface area contributed by atoms with E-state index < -0.39 is 16.8 Å². The highest BCUT2D eigenvalue weighted by Crippen LogP contribution is 2.29. The van der Waals surface area contributed by atoms with Crippen LogP contribution in [0.1, 0.15) is 26.5 Å². The maximum Gasteiger partial charge on any atom is 0.339 e. The Labute approximate surface area is 151 Å². The first-order valence-electron chi connectivity index (χ1n) is 7.72. The van der Waals surface area contributed by atoms with Crippen molar-refractivity contribution >= 4 is 34.4 Å². The first kappa shape index (κ1) is 17.8. The maximum atomic E-state index is 12.8. The summed E-state index contributed by atoms with van der Waals surface area (Å²) in [6.45, 7) is 0.984. The van der Waals surface area contributed by atoms with Crippen molar-refractivity contribution in [1.29, 1.82) is 0 Å². The summed E-state index contributed by atoms with van der Waals surface area (Å²) in [5.41, 5.74) is 0.707. The molecule has 2 heterocycles. The van der Waals surface area contributed by atoms with E-state index in [2.05, 4.69) is 0 Å². The molecule has 1 saturated heterocycles. The predicted molar refractivity (Wildman–Crippen MR) is 95.5 cm³/mol. The number of aromatic carboxylic acids is 1. The van der Waals surface area contributed by atoms with E-state index in [4.69, 9.17) is 9.52 Å². The molecular formula is C17H17NO5S2. The average molecular weight is 379 g/mol. The molecule has 1 aliphatic rings. The monoisotopic (exact) mass is 379 g/mol. The molecule has 3 rings (SSSR count). The minimum absolute atomic E-state index is 0.0855. The smallest absolute Gasteiger partial charge is 0.339 e. The van der Waals surface area contributed by atoms with Gasteiger partial charge in [0.15, 0.2) is 0 Å². The highest BCUT2D eigenvalue weighted by molar-refractivity contribution is 7.98. The molecule has 1 N–H and O–H groups in total. The summed E-state index contributed by atoms with van der Waals surface area (Å²) in [5.74, 6) is 0.592. The fraction of sp³-hybridized carbons (Fsp3) is 0.294. The van der Waals surface area contributed by atoms with Crippen LogP contribution in [0.15, 0.2) is 45.9 Å². The van der Waals surface area contributed by atoms with Gasteiger partial charge in [-0.05, 0) is 18.2 Å². The highest BCUT2D eigenvalue weighted by atomic mass is 32.2. The van der Waals surface area contributed by atoms with E-state index in [9.17, 15) is 13.8 Å². The van der Waals surface area contributed by atoms with Crippen molar-refractivity contribution in [2.24, 2.45) is 0 Å². The average Bonchev–Trinajstić information content (AvgIpc) is 3.09. The van der Waals surface area contributed by atoms with Gasteiger partial charge in [-0.1, -0.05) is 12.1 Å². The van der Waals surface area contributed by atoms with E-state index in [0.717, 1.165) is 4.90 Å². The van der Waals surface area contributed by atoms with Crippen LogP contribution in [-0.4, -0.2) is 50.7 Å². The topological polar surface area (TPSA) is 87.8 Å². The van der Waals surface area contributed by atoms with Crippen LogP contribution in [0.25, 0.3) is 0 Å². The van der Waals surface area contributed by atoms with Crippen LogP contribution in [0, 0.1) is 0 Å². The van der Waals surface area contributed by atoms with Gasteiger partial charge in [-0.25, -0.2) is 4.79 Å². The van der Waals surface area contributed by atoms with Crippen molar-refractivity contribution in [3.05, 3.63) is 53.5 Å². The Hall–Kier alpha value is -2.06. The van der Waals surface area contributed by atoms with Crippen LogP contribution in [-0.2, 0) is 16.6 Å². The van der Waals surface area contributed by atoms with Crippen LogP contribution < -0.4 is 0 Å². The van der Waals surface area contributed by atoms with Gasteiger partial charge in [0.25, 0.3) is 5.91 Å². The molecule has 0 aliphatic carbocycles. The molecule has 6 nitrogen and oxygen atoms in total. The number of benzene rings is 1. The summed E-state index contributed by atoms with van der Waals surface area (Å²) in [7, 11) is -0.837. The van der Waals surface area contributed by atoms with Crippen molar-refractivity contribution in [2.45, 2.75) is 10.6 Å². The van der Waals surface area contributed by atoms with Gasteiger partial charge < -0.3 is 14.4 Å². The third kappa shape index (κ3) is 4.13. The van der Waals surface area contributed by atoms with Crippen molar-refractivity contribution in [3.63, 3.8) is 0 Å². The van der Waals surface area contributed by atoms with E-state index in [1.165, 1.54) is 24.1 Å². The van der Waals surface area contributed by atoms with Crippen LogP contribution >= 0.6 is 11.8 Å². The molecule has 8 heteroatoms. The summed E-state index contributed by atoms with van der Waals surface area (Å²) in [6.07, 6.45) is 1.35. The Morgan fingerprint density at radius 3 is 2.60 bits per heavy atom. The Morgan fingerprint density at radius 2 is 1.88 bits per heavy atom. The summed E-state index contributed by atoms with van der Waals surface area (Å²) in [6, 6.07) is 8.66. The first-order valence-corrected chi connectivity index (χ1v) is 10.2. The highest BCUT2D eigenvalue weighted by Gasteiger charge is 2.23. The Morgan fingerprint density at radius 1 is 1.16 bits per heavy atom. The molecule has 1 fully saturated rings. The van der Waals surface area contributed by atoms with E-state index in [1.807, 2.05) is 12.1 Å². The molecule has 2 aromatic rings. The number of nitrogens with zero attached hydrogens (tertiary/aromatic N) is 1. The standard InChI is InChI=1S/C17H17NO5S2/c19-16(18-6-9-25(22)10-7-18)13-3-1-2-4-15(13)24-11-14-12(17(20)21)5-8-23-14/h1-5,8H,6-7,9-11H2,(H,20,21). The summed E-state index contributed by atoms with van der Waals surface area (Å²) < 4.78 is 16.7. The van der Waals surface area contributed by atoms with Crippen molar-refractivity contribution in [1.82, 2.24) is 4.90 Å². The fourth-order valence-electron chi connectivity index (χ4n) is 2.57. The summed E-state index contributed by atoms with van der Waals surface area (Å²) >= 11 is 1.36. The molecule has 0 unspecified atom stereocenters. The third-order valence-electron chi connectivity index (χ3n) is 3.92. The summed E-state index contributed by atoms with van der Waals surface area (Å²) in [5, 5.41) is 9.13. The second-order valence-electron chi connectivity index (χ2n) is 5.49. The number of hydrogen-bond donors (Lipinski definition) is 1. The maximum absolute atomic E-state index is 12.8. The molecule has 1 aromatic carbocycles. The molecule has 0 spiro atoms. The molecular weight excluding hydrogens is 362 g/mol. The van der Waals surface area contributed by atoms with Gasteiger partial charge in [0, 0.05) is 40.3 Å². The normalized spacial score (nSPS) is 15.3. The molecule has 1 aromatic heterocycles. The van der Waals surface area contributed by atoms with Crippen molar-refractivity contribution in [3.8, 4) is 0 Å². The molecule has 0 saturated carbocycles. The van der Waals surface area contributed by atoms with E-state index in [0.29, 0.717) is 41.7 Å². The van der Waals surface area contributed by atoms with Gasteiger partial charge in [-0.3, -0.25) is 9.00 Å². The molecule has 132 valence electrons. The van der Waals surface area contributed by atoms with Crippen LogP contribution in [0.2, 0.25) is 0 Å². The second kappa shape index (κ2) is 7.88.